The van der Waals surface area contributed by atoms with Crippen LogP contribution in [-0.4, -0.2) is 30.7 Å². The molecule has 5 heteroatoms. The molecular formula is C14H16N2O3. The SMILES string of the molecule is CCNC(=O)CN1C(=O)C(=O)c2ccc(C)c(C)c21. The number of likely N-dealkylation sites (N-methyl/N-ethyl adjacent to an activating group) is 1. The smallest absolute Gasteiger partial charge is 0.299 e. The molecule has 0 saturated heterocycles. The van der Waals surface area contributed by atoms with Crippen LogP contribution in [0.2, 0.25) is 0 Å². The van der Waals surface area contributed by atoms with Gasteiger partial charge in [0.25, 0.3) is 11.7 Å². The maximum Gasteiger partial charge on any atom is 0.299 e. The van der Waals surface area contributed by atoms with Crippen molar-refractivity contribution in [3.63, 3.8) is 0 Å². The van der Waals surface area contributed by atoms with Gasteiger partial charge in [0.1, 0.15) is 6.54 Å². The molecule has 1 N–H and O–H groups in total. The van der Waals surface area contributed by atoms with E-state index in [1.165, 1.54) is 4.90 Å². The normalized spacial score (nSPS) is 13.7. The van der Waals surface area contributed by atoms with Gasteiger partial charge in [-0.05, 0) is 38.0 Å². The Morgan fingerprint density at radius 2 is 1.95 bits per heavy atom. The Bertz CT molecular complexity index is 578. The second kappa shape index (κ2) is 4.84. The van der Waals surface area contributed by atoms with E-state index in [1.807, 2.05) is 19.9 Å². The summed E-state index contributed by atoms with van der Waals surface area (Å²) in [5.41, 5.74) is 2.81. The molecule has 0 bridgehead atoms. The van der Waals surface area contributed by atoms with Gasteiger partial charge in [0.15, 0.2) is 0 Å². The number of carbonyl (C=O) groups is 3. The van der Waals surface area contributed by atoms with E-state index in [4.69, 9.17) is 0 Å². The highest BCUT2D eigenvalue weighted by atomic mass is 16.2. The van der Waals surface area contributed by atoms with E-state index in [1.54, 1.807) is 13.0 Å². The van der Waals surface area contributed by atoms with Crippen LogP contribution in [0.5, 0.6) is 0 Å². The van der Waals surface area contributed by atoms with Crippen LogP contribution in [-0.2, 0) is 9.59 Å². The molecule has 1 aromatic carbocycles. The molecule has 0 aromatic heterocycles. The number of aryl methyl sites for hydroxylation is 1. The molecule has 100 valence electrons. The highest BCUT2D eigenvalue weighted by molar-refractivity contribution is 6.52. The number of carbonyl (C=O) groups excluding carboxylic acids is 3. The second-order valence-corrected chi connectivity index (χ2v) is 4.58. The summed E-state index contributed by atoms with van der Waals surface area (Å²) in [5.74, 6) is -1.44. The number of ketones is 1. The lowest BCUT2D eigenvalue weighted by Gasteiger charge is -2.18. The summed E-state index contributed by atoms with van der Waals surface area (Å²) in [4.78, 5) is 36.8. The fourth-order valence-corrected chi connectivity index (χ4v) is 2.22. The fraction of sp³-hybridized carbons (Fsp3) is 0.357. The predicted octanol–water partition coefficient (Wildman–Crippen LogP) is 0.969. The molecule has 5 nitrogen and oxygen atoms in total. The molecule has 0 aliphatic carbocycles. The van der Waals surface area contributed by atoms with Crippen molar-refractivity contribution in [3.8, 4) is 0 Å². The minimum absolute atomic E-state index is 0.115. The van der Waals surface area contributed by atoms with Crippen molar-refractivity contribution in [3.05, 3.63) is 28.8 Å². The quantitative estimate of drug-likeness (QED) is 0.823. The summed E-state index contributed by atoms with van der Waals surface area (Å²) in [7, 11) is 0. The zero-order valence-electron chi connectivity index (χ0n) is 11.2. The Morgan fingerprint density at radius 3 is 2.58 bits per heavy atom. The zero-order valence-corrected chi connectivity index (χ0v) is 11.2. The molecule has 0 unspecified atom stereocenters. The molecule has 2 amide bonds. The average molecular weight is 260 g/mol. The van der Waals surface area contributed by atoms with Crippen LogP contribution in [0.4, 0.5) is 5.69 Å². The Hall–Kier alpha value is -2.17. The number of anilines is 1. The van der Waals surface area contributed by atoms with Crippen LogP contribution in [0, 0.1) is 13.8 Å². The summed E-state index contributed by atoms with van der Waals surface area (Å²) >= 11 is 0. The summed E-state index contributed by atoms with van der Waals surface area (Å²) < 4.78 is 0. The first kappa shape index (κ1) is 13.3. The Kier molecular flexibility index (Phi) is 3.38. The van der Waals surface area contributed by atoms with Gasteiger partial charge in [-0.3, -0.25) is 19.3 Å². The maximum atomic E-state index is 12.0. The highest BCUT2D eigenvalue weighted by Crippen LogP contribution is 2.33. The van der Waals surface area contributed by atoms with Crippen LogP contribution in [0.3, 0.4) is 0 Å². The van der Waals surface area contributed by atoms with Gasteiger partial charge < -0.3 is 5.32 Å². The standard InChI is InChI=1S/C14H16N2O3/c1-4-15-11(17)7-16-12-9(3)8(2)5-6-10(12)13(18)14(16)19/h5-6H,4,7H2,1-3H3,(H,15,17). The van der Waals surface area contributed by atoms with E-state index < -0.39 is 11.7 Å². The van der Waals surface area contributed by atoms with Crippen LogP contribution in [0.15, 0.2) is 12.1 Å². The van der Waals surface area contributed by atoms with Gasteiger partial charge in [-0.2, -0.15) is 0 Å². The monoisotopic (exact) mass is 260 g/mol. The van der Waals surface area contributed by atoms with Crippen molar-refractivity contribution < 1.29 is 14.4 Å². The van der Waals surface area contributed by atoms with Gasteiger partial charge in [-0.1, -0.05) is 6.07 Å². The highest BCUT2D eigenvalue weighted by Gasteiger charge is 2.38. The number of hydrogen-bond donors (Lipinski definition) is 1. The summed E-state index contributed by atoms with van der Waals surface area (Å²) in [5, 5.41) is 2.63. The number of Topliss-reactive ketones (excluding diaryl/α,β-unsaturated/α-hetero) is 1. The van der Waals surface area contributed by atoms with Gasteiger partial charge in [0, 0.05) is 6.54 Å². The largest absolute Gasteiger partial charge is 0.355 e. The van der Waals surface area contributed by atoms with Crippen molar-refractivity contribution in [1.82, 2.24) is 5.32 Å². The Balaban J connectivity index is 2.43. The molecule has 0 fully saturated rings. The molecule has 1 aromatic rings. The summed E-state index contributed by atoms with van der Waals surface area (Å²) in [6, 6.07) is 3.46. The maximum absolute atomic E-state index is 12.0. The number of hydrogen-bond acceptors (Lipinski definition) is 3. The molecule has 1 aliphatic rings. The van der Waals surface area contributed by atoms with E-state index in [9.17, 15) is 14.4 Å². The van der Waals surface area contributed by atoms with Crippen LogP contribution < -0.4 is 10.2 Å². The molecule has 1 heterocycles. The lowest BCUT2D eigenvalue weighted by molar-refractivity contribution is -0.122. The molecule has 1 aliphatic heterocycles. The number of nitrogens with zero attached hydrogens (tertiary/aromatic N) is 1. The lowest BCUT2D eigenvalue weighted by Crippen LogP contribution is -2.40. The summed E-state index contributed by atoms with van der Waals surface area (Å²) in [6.45, 7) is 5.94. The van der Waals surface area contributed by atoms with Gasteiger partial charge in [0.05, 0.1) is 11.3 Å². The van der Waals surface area contributed by atoms with Crippen molar-refractivity contribution in [2.45, 2.75) is 20.8 Å². The van der Waals surface area contributed by atoms with Crippen LogP contribution in [0.25, 0.3) is 0 Å². The van der Waals surface area contributed by atoms with E-state index in [0.717, 1.165) is 11.1 Å². The minimum atomic E-state index is -0.630. The third kappa shape index (κ3) is 2.12. The van der Waals surface area contributed by atoms with E-state index >= 15 is 0 Å². The second-order valence-electron chi connectivity index (χ2n) is 4.58. The first-order valence-electron chi connectivity index (χ1n) is 6.20. The molecular weight excluding hydrogens is 244 g/mol. The Morgan fingerprint density at radius 1 is 1.26 bits per heavy atom. The first-order chi connectivity index (χ1) is 8.97. The number of rotatable bonds is 3. The topological polar surface area (TPSA) is 66.5 Å². The number of benzene rings is 1. The number of amides is 2. The van der Waals surface area contributed by atoms with E-state index in [-0.39, 0.29) is 12.5 Å². The minimum Gasteiger partial charge on any atom is -0.355 e. The van der Waals surface area contributed by atoms with Crippen molar-refractivity contribution >= 4 is 23.3 Å². The third-order valence-corrected chi connectivity index (χ3v) is 3.33. The van der Waals surface area contributed by atoms with E-state index in [2.05, 4.69) is 5.32 Å². The van der Waals surface area contributed by atoms with Gasteiger partial charge in [-0.25, -0.2) is 0 Å². The number of fused-ring (bicyclic) bond motifs is 1. The van der Waals surface area contributed by atoms with Gasteiger partial charge in [0.2, 0.25) is 5.91 Å². The van der Waals surface area contributed by atoms with E-state index in [0.29, 0.717) is 17.8 Å². The van der Waals surface area contributed by atoms with Crippen molar-refractivity contribution in [2.75, 3.05) is 18.0 Å². The Labute approximate surface area is 111 Å². The van der Waals surface area contributed by atoms with Crippen LogP contribution >= 0.6 is 0 Å². The molecule has 2 rings (SSSR count). The molecule has 0 atom stereocenters. The molecule has 19 heavy (non-hydrogen) atoms. The molecule has 0 saturated carbocycles. The van der Waals surface area contributed by atoms with Crippen molar-refractivity contribution in [1.29, 1.82) is 0 Å². The average Bonchev–Trinajstić information content (AvgIpc) is 2.60. The van der Waals surface area contributed by atoms with Crippen LogP contribution in [0.1, 0.15) is 28.4 Å². The summed E-state index contributed by atoms with van der Waals surface area (Å²) in [6.07, 6.45) is 0. The molecule has 0 spiro atoms. The first-order valence-corrected chi connectivity index (χ1v) is 6.20. The third-order valence-electron chi connectivity index (χ3n) is 3.33. The predicted molar refractivity (Wildman–Crippen MR) is 71.3 cm³/mol. The van der Waals surface area contributed by atoms with Crippen molar-refractivity contribution in [2.24, 2.45) is 0 Å². The van der Waals surface area contributed by atoms with Gasteiger partial charge in [-0.15, -0.1) is 0 Å². The zero-order chi connectivity index (χ0) is 14.2. The lowest BCUT2D eigenvalue weighted by atomic mass is 10.0. The fourth-order valence-electron chi connectivity index (χ4n) is 2.22. The molecule has 0 radical (unpaired) electrons. The number of nitrogens with one attached hydrogen (secondary N) is 1. The van der Waals surface area contributed by atoms with Gasteiger partial charge >= 0.3 is 0 Å².